The van der Waals surface area contributed by atoms with Crippen LogP contribution in [0.4, 0.5) is 5.69 Å². The third kappa shape index (κ3) is 4.92. The van der Waals surface area contributed by atoms with Crippen molar-refractivity contribution in [3.8, 4) is 5.75 Å². The summed E-state index contributed by atoms with van der Waals surface area (Å²) >= 11 is 12.7. The summed E-state index contributed by atoms with van der Waals surface area (Å²) in [6.07, 6.45) is 0.403. The number of nitrogens with zero attached hydrogens (tertiary/aromatic N) is 2. The molecule has 7 heteroatoms. The van der Waals surface area contributed by atoms with Crippen LogP contribution in [0.2, 0.25) is 10.0 Å². The molecular formula is C22H23Cl2N3O2. The van der Waals surface area contributed by atoms with E-state index in [0.29, 0.717) is 34.3 Å². The Labute approximate surface area is 180 Å². The van der Waals surface area contributed by atoms with E-state index in [-0.39, 0.29) is 11.5 Å². The molecule has 1 aromatic heterocycles. The number of anilines is 1. The second-order valence-electron chi connectivity index (χ2n) is 7.20. The van der Waals surface area contributed by atoms with Crippen molar-refractivity contribution in [2.45, 2.75) is 32.7 Å². The molecule has 5 nitrogen and oxygen atoms in total. The average Bonchev–Trinajstić information content (AvgIpc) is 2.67. The highest BCUT2D eigenvalue weighted by Gasteiger charge is 2.15. The maximum atomic E-state index is 12.9. The van der Waals surface area contributed by atoms with E-state index in [2.05, 4.69) is 5.10 Å². The molecule has 0 aliphatic rings. The van der Waals surface area contributed by atoms with Gasteiger partial charge in [0.25, 0.3) is 5.56 Å². The molecule has 0 aliphatic carbocycles. The Kier molecular flexibility index (Phi) is 6.50. The van der Waals surface area contributed by atoms with E-state index in [9.17, 15) is 4.79 Å². The van der Waals surface area contributed by atoms with Crippen LogP contribution in [-0.2, 0) is 13.0 Å². The lowest BCUT2D eigenvalue weighted by molar-refractivity contribution is 0.414. The number of ether oxygens (including phenoxy) is 1. The number of methoxy groups -OCH3 is 1. The number of aromatic nitrogens is 2. The fourth-order valence-electron chi connectivity index (χ4n) is 3.10. The van der Waals surface area contributed by atoms with Crippen molar-refractivity contribution in [3.05, 3.63) is 85.2 Å². The van der Waals surface area contributed by atoms with Crippen LogP contribution in [0.3, 0.4) is 0 Å². The lowest BCUT2D eigenvalue weighted by atomic mass is 10.0. The first-order valence-corrected chi connectivity index (χ1v) is 10.0. The number of rotatable bonds is 6. The Morgan fingerprint density at radius 1 is 1.10 bits per heavy atom. The van der Waals surface area contributed by atoms with Crippen molar-refractivity contribution in [1.82, 2.24) is 9.78 Å². The van der Waals surface area contributed by atoms with Crippen LogP contribution < -0.4 is 16.0 Å². The lowest BCUT2D eigenvalue weighted by Gasteiger charge is -2.14. The van der Waals surface area contributed by atoms with Gasteiger partial charge in [0.05, 0.1) is 19.3 Å². The number of halogens is 2. The van der Waals surface area contributed by atoms with Crippen molar-refractivity contribution >= 4 is 28.9 Å². The molecule has 29 heavy (non-hydrogen) atoms. The van der Waals surface area contributed by atoms with E-state index >= 15 is 0 Å². The Hall–Kier alpha value is -2.50. The molecule has 3 rings (SSSR count). The highest BCUT2D eigenvalue weighted by atomic mass is 35.5. The first kappa shape index (κ1) is 21.2. The van der Waals surface area contributed by atoms with Gasteiger partial charge in [-0.2, -0.15) is 5.10 Å². The van der Waals surface area contributed by atoms with E-state index in [1.165, 1.54) is 4.68 Å². The van der Waals surface area contributed by atoms with Gasteiger partial charge >= 0.3 is 0 Å². The molecule has 0 fully saturated rings. The molecule has 152 valence electrons. The zero-order chi connectivity index (χ0) is 21.1. The minimum absolute atomic E-state index is 0.0590. The highest BCUT2D eigenvalue weighted by Crippen LogP contribution is 2.29. The summed E-state index contributed by atoms with van der Waals surface area (Å²) in [6, 6.07) is 12.7. The molecule has 2 N–H and O–H groups in total. The molecule has 0 saturated carbocycles. The Balaban J connectivity index is 2.01. The van der Waals surface area contributed by atoms with Gasteiger partial charge in [0.2, 0.25) is 0 Å². The third-order valence-corrected chi connectivity index (χ3v) is 5.36. The largest absolute Gasteiger partial charge is 0.497 e. The molecule has 0 atom stereocenters. The zero-order valence-electron chi connectivity index (χ0n) is 16.6. The van der Waals surface area contributed by atoms with Crippen LogP contribution in [0.5, 0.6) is 5.75 Å². The van der Waals surface area contributed by atoms with E-state index in [1.807, 2.05) is 44.2 Å². The number of nitrogen functional groups attached to an aromatic ring is 1. The van der Waals surface area contributed by atoms with Crippen LogP contribution in [0.15, 0.2) is 47.3 Å². The van der Waals surface area contributed by atoms with Crippen molar-refractivity contribution in [3.63, 3.8) is 0 Å². The Morgan fingerprint density at radius 2 is 1.72 bits per heavy atom. The van der Waals surface area contributed by atoms with E-state index in [0.717, 1.165) is 22.6 Å². The predicted molar refractivity (Wildman–Crippen MR) is 118 cm³/mol. The maximum absolute atomic E-state index is 12.9. The van der Waals surface area contributed by atoms with E-state index in [4.69, 9.17) is 33.7 Å². The molecule has 3 aromatic rings. The van der Waals surface area contributed by atoms with Crippen LogP contribution >= 0.6 is 23.2 Å². The summed E-state index contributed by atoms with van der Waals surface area (Å²) in [5, 5.41) is 5.54. The van der Waals surface area contributed by atoms with Crippen LogP contribution in [0.25, 0.3) is 0 Å². The molecule has 0 aliphatic heterocycles. The molecule has 0 unspecified atom stereocenters. The first-order chi connectivity index (χ1) is 13.8. The number of hydrogen-bond donors (Lipinski definition) is 1. The standard InChI is InChI=1S/C22H23Cl2N3O2/c1-13(2)18-10-16(11-19-20(23)8-15(25)9-21(19)24)26-27(22(18)28)12-14-4-6-17(29-3)7-5-14/h4-10,13H,11-12,25H2,1-3H3. The molecule has 0 saturated heterocycles. The summed E-state index contributed by atoms with van der Waals surface area (Å²) in [6.45, 7) is 4.34. The summed E-state index contributed by atoms with van der Waals surface area (Å²) < 4.78 is 6.68. The lowest BCUT2D eigenvalue weighted by Crippen LogP contribution is -2.28. The van der Waals surface area contributed by atoms with E-state index < -0.39 is 0 Å². The first-order valence-electron chi connectivity index (χ1n) is 9.25. The number of hydrogen-bond acceptors (Lipinski definition) is 4. The van der Waals surface area contributed by atoms with E-state index in [1.54, 1.807) is 19.2 Å². The molecular weight excluding hydrogens is 409 g/mol. The van der Waals surface area contributed by atoms with Crippen molar-refractivity contribution in [1.29, 1.82) is 0 Å². The Bertz CT molecular complexity index is 1050. The minimum Gasteiger partial charge on any atom is -0.497 e. The predicted octanol–water partition coefficient (Wildman–Crippen LogP) is 4.90. The fraction of sp³-hybridized carbons (Fsp3) is 0.273. The van der Waals surface area contributed by atoms with Crippen LogP contribution in [0, 0.1) is 0 Å². The monoisotopic (exact) mass is 431 g/mol. The minimum atomic E-state index is -0.103. The quantitative estimate of drug-likeness (QED) is 0.563. The van der Waals surface area contributed by atoms with Crippen molar-refractivity contribution in [2.24, 2.45) is 0 Å². The van der Waals surface area contributed by atoms with Crippen molar-refractivity contribution < 1.29 is 4.74 Å². The highest BCUT2D eigenvalue weighted by molar-refractivity contribution is 6.36. The summed E-state index contributed by atoms with van der Waals surface area (Å²) in [7, 11) is 1.62. The SMILES string of the molecule is COc1ccc(Cn2nc(Cc3c(Cl)cc(N)cc3Cl)cc(C(C)C)c2=O)cc1. The van der Waals surface area contributed by atoms with Crippen LogP contribution in [0.1, 0.15) is 42.1 Å². The molecule has 2 aromatic carbocycles. The smallest absolute Gasteiger partial charge is 0.270 e. The molecule has 0 amide bonds. The topological polar surface area (TPSA) is 70.1 Å². The second-order valence-corrected chi connectivity index (χ2v) is 8.01. The Morgan fingerprint density at radius 3 is 2.28 bits per heavy atom. The third-order valence-electron chi connectivity index (χ3n) is 4.69. The summed E-state index contributed by atoms with van der Waals surface area (Å²) in [5.74, 6) is 0.821. The molecule has 0 radical (unpaired) electrons. The summed E-state index contributed by atoms with van der Waals surface area (Å²) in [4.78, 5) is 12.9. The maximum Gasteiger partial charge on any atom is 0.270 e. The van der Waals surface area contributed by atoms with Gasteiger partial charge in [-0.25, -0.2) is 4.68 Å². The van der Waals surface area contributed by atoms with Gasteiger partial charge in [-0.3, -0.25) is 4.79 Å². The normalized spacial score (nSPS) is 11.1. The van der Waals surface area contributed by atoms with Crippen LogP contribution in [-0.4, -0.2) is 16.9 Å². The van der Waals surface area contributed by atoms with Gasteiger partial charge in [0.15, 0.2) is 0 Å². The fourth-order valence-corrected chi connectivity index (χ4v) is 3.74. The number of benzene rings is 2. The van der Waals surface area contributed by atoms with Gasteiger partial charge in [-0.05, 0) is 47.4 Å². The summed E-state index contributed by atoms with van der Waals surface area (Å²) in [5.41, 5.74) is 9.31. The molecule has 1 heterocycles. The molecule has 0 bridgehead atoms. The average molecular weight is 432 g/mol. The molecule has 0 spiro atoms. The van der Waals surface area contributed by atoms with Gasteiger partial charge in [0, 0.05) is 27.7 Å². The van der Waals surface area contributed by atoms with Gasteiger partial charge in [0.1, 0.15) is 5.75 Å². The zero-order valence-corrected chi connectivity index (χ0v) is 18.1. The van der Waals surface area contributed by atoms with Gasteiger partial charge in [-0.15, -0.1) is 0 Å². The second kappa shape index (κ2) is 8.89. The number of nitrogens with two attached hydrogens (primary N) is 1. The van der Waals surface area contributed by atoms with Gasteiger partial charge in [-0.1, -0.05) is 49.2 Å². The van der Waals surface area contributed by atoms with Crippen molar-refractivity contribution in [2.75, 3.05) is 12.8 Å². The van der Waals surface area contributed by atoms with Gasteiger partial charge < -0.3 is 10.5 Å².